The predicted molar refractivity (Wildman–Crippen MR) is 69.0 cm³/mol. The molecule has 0 saturated heterocycles. The molecule has 88 valence electrons. The topological polar surface area (TPSA) is 28.2 Å². The standard InChI is InChI=1S/C13H21N3/c1-3-7-14-13-9-12(6-8-15-13)16(2)10-11-4-5-11/h6,8-9,11H,3-5,7,10H2,1-2H3,(H,14,15). The first-order valence-electron chi connectivity index (χ1n) is 6.20. The second-order valence-electron chi connectivity index (χ2n) is 4.65. The Labute approximate surface area is 97.9 Å². The quantitative estimate of drug-likeness (QED) is 0.797. The Morgan fingerprint density at radius 1 is 1.50 bits per heavy atom. The van der Waals surface area contributed by atoms with Gasteiger partial charge in [0.05, 0.1) is 0 Å². The van der Waals surface area contributed by atoms with Crippen molar-refractivity contribution in [1.29, 1.82) is 0 Å². The molecule has 0 aromatic carbocycles. The fourth-order valence-corrected chi connectivity index (χ4v) is 1.80. The number of nitrogens with one attached hydrogen (secondary N) is 1. The molecular weight excluding hydrogens is 198 g/mol. The number of anilines is 2. The van der Waals surface area contributed by atoms with E-state index >= 15 is 0 Å². The highest BCUT2D eigenvalue weighted by atomic mass is 15.1. The molecule has 0 unspecified atom stereocenters. The summed E-state index contributed by atoms with van der Waals surface area (Å²) in [7, 11) is 2.16. The van der Waals surface area contributed by atoms with Gasteiger partial charge in [0.2, 0.25) is 0 Å². The summed E-state index contributed by atoms with van der Waals surface area (Å²) >= 11 is 0. The highest BCUT2D eigenvalue weighted by Crippen LogP contribution is 2.31. The van der Waals surface area contributed by atoms with Crippen molar-refractivity contribution in [2.45, 2.75) is 26.2 Å². The molecule has 0 spiro atoms. The van der Waals surface area contributed by atoms with Gasteiger partial charge in [0.15, 0.2) is 0 Å². The molecule has 1 heterocycles. The van der Waals surface area contributed by atoms with Gasteiger partial charge in [-0.2, -0.15) is 0 Å². The van der Waals surface area contributed by atoms with Crippen molar-refractivity contribution in [3.05, 3.63) is 18.3 Å². The zero-order valence-electron chi connectivity index (χ0n) is 10.2. The van der Waals surface area contributed by atoms with Crippen LogP contribution < -0.4 is 10.2 Å². The fraction of sp³-hybridized carbons (Fsp3) is 0.615. The lowest BCUT2D eigenvalue weighted by atomic mass is 10.3. The van der Waals surface area contributed by atoms with E-state index in [4.69, 9.17) is 0 Å². The Bertz CT molecular complexity index is 334. The third-order valence-corrected chi connectivity index (χ3v) is 2.97. The van der Waals surface area contributed by atoms with Crippen LogP contribution >= 0.6 is 0 Å². The second kappa shape index (κ2) is 5.19. The van der Waals surface area contributed by atoms with Gasteiger partial charge in [-0.25, -0.2) is 4.98 Å². The molecule has 3 nitrogen and oxygen atoms in total. The Morgan fingerprint density at radius 2 is 2.31 bits per heavy atom. The second-order valence-corrected chi connectivity index (χ2v) is 4.65. The Balaban J connectivity index is 1.96. The molecule has 2 rings (SSSR count). The van der Waals surface area contributed by atoms with Crippen molar-refractivity contribution in [3.63, 3.8) is 0 Å². The minimum Gasteiger partial charge on any atom is -0.374 e. The van der Waals surface area contributed by atoms with E-state index in [1.807, 2.05) is 6.20 Å². The maximum atomic E-state index is 4.32. The van der Waals surface area contributed by atoms with Crippen LogP contribution in [0.25, 0.3) is 0 Å². The molecule has 0 bridgehead atoms. The predicted octanol–water partition coefficient (Wildman–Crippen LogP) is 2.75. The van der Waals surface area contributed by atoms with E-state index in [0.717, 1.165) is 24.7 Å². The summed E-state index contributed by atoms with van der Waals surface area (Å²) in [5.74, 6) is 1.91. The van der Waals surface area contributed by atoms with Crippen LogP contribution in [-0.2, 0) is 0 Å². The summed E-state index contributed by atoms with van der Waals surface area (Å²) in [6.07, 6.45) is 5.81. The molecular formula is C13H21N3. The summed E-state index contributed by atoms with van der Waals surface area (Å²) < 4.78 is 0. The molecule has 1 N–H and O–H groups in total. The van der Waals surface area contributed by atoms with Crippen molar-refractivity contribution in [2.75, 3.05) is 30.4 Å². The maximum absolute atomic E-state index is 4.32. The van der Waals surface area contributed by atoms with Crippen molar-refractivity contribution in [3.8, 4) is 0 Å². The van der Waals surface area contributed by atoms with Crippen molar-refractivity contribution in [1.82, 2.24) is 4.98 Å². The van der Waals surface area contributed by atoms with E-state index in [1.165, 1.54) is 25.1 Å². The Hall–Kier alpha value is -1.25. The van der Waals surface area contributed by atoms with Crippen LogP contribution in [0.5, 0.6) is 0 Å². The van der Waals surface area contributed by atoms with Crippen LogP contribution in [-0.4, -0.2) is 25.1 Å². The highest BCUT2D eigenvalue weighted by Gasteiger charge is 2.22. The summed E-state index contributed by atoms with van der Waals surface area (Å²) in [6, 6.07) is 4.22. The van der Waals surface area contributed by atoms with Gasteiger partial charge in [-0.1, -0.05) is 6.92 Å². The van der Waals surface area contributed by atoms with Crippen LogP contribution in [0.3, 0.4) is 0 Å². The van der Waals surface area contributed by atoms with E-state index < -0.39 is 0 Å². The van der Waals surface area contributed by atoms with Crippen LogP contribution in [0.1, 0.15) is 26.2 Å². The van der Waals surface area contributed by atoms with Gasteiger partial charge in [-0.05, 0) is 31.2 Å². The molecule has 0 atom stereocenters. The largest absolute Gasteiger partial charge is 0.374 e. The zero-order valence-corrected chi connectivity index (χ0v) is 10.2. The molecule has 1 aromatic heterocycles. The average molecular weight is 219 g/mol. The molecule has 0 aliphatic heterocycles. The molecule has 1 saturated carbocycles. The summed E-state index contributed by atoms with van der Waals surface area (Å²) in [6.45, 7) is 4.33. The van der Waals surface area contributed by atoms with E-state index in [0.29, 0.717) is 0 Å². The monoisotopic (exact) mass is 219 g/mol. The van der Waals surface area contributed by atoms with Gasteiger partial charge in [0, 0.05) is 38.1 Å². The molecule has 1 aromatic rings. The van der Waals surface area contributed by atoms with Crippen LogP contribution in [0.2, 0.25) is 0 Å². The number of rotatable bonds is 6. The number of nitrogens with zero attached hydrogens (tertiary/aromatic N) is 2. The number of hydrogen-bond donors (Lipinski definition) is 1. The third kappa shape index (κ3) is 3.12. The van der Waals surface area contributed by atoms with Gasteiger partial charge in [-0.15, -0.1) is 0 Å². The van der Waals surface area contributed by atoms with Crippen molar-refractivity contribution < 1.29 is 0 Å². The van der Waals surface area contributed by atoms with E-state index in [-0.39, 0.29) is 0 Å². The van der Waals surface area contributed by atoms with Gasteiger partial charge >= 0.3 is 0 Å². The summed E-state index contributed by atoms with van der Waals surface area (Å²) in [5.41, 5.74) is 1.26. The average Bonchev–Trinajstić information content (AvgIpc) is 3.10. The summed E-state index contributed by atoms with van der Waals surface area (Å²) in [4.78, 5) is 6.65. The van der Waals surface area contributed by atoms with Crippen molar-refractivity contribution in [2.24, 2.45) is 5.92 Å². The summed E-state index contributed by atoms with van der Waals surface area (Å²) in [5, 5.41) is 3.32. The maximum Gasteiger partial charge on any atom is 0.127 e. The molecule has 0 amide bonds. The lowest BCUT2D eigenvalue weighted by Crippen LogP contribution is -2.20. The third-order valence-electron chi connectivity index (χ3n) is 2.97. The Morgan fingerprint density at radius 3 is 3.00 bits per heavy atom. The molecule has 3 heteroatoms. The molecule has 1 aliphatic carbocycles. The van der Waals surface area contributed by atoms with Gasteiger partial charge in [0.1, 0.15) is 5.82 Å². The smallest absolute Gasteiger partial charge is 0.127 e. The minimum absolute atomic E-state index is 0.921. The number of aromatic nitrogens is 1. The first kappa shape index (κ1) is 11.2. The fourth-order valence-electron chi connectivity index (χ4n) is 1.80. The van der Waals surface area contributed by atoms with Gasteiger partial charge in [-0.3, -0.25) is 0 Å². The minimum atomic E-state index is 0.921. The number of pyridine rings is 1. The molecule has 1 aliphatic rings. The van der Waals surface area contributed by atoms with Gasteiger partial charge < -0.3 is 10.2 Å². The lowest BCUT2D eigenvalue weighted by molar-refractivity contribution is 0.787. The lowest BCUT2D eigenvalue weighted by Gasteiger charge is -2.19. The molecule has 16 heavy (non-hydrogen) atoms. The molecule has 0 radical (unpaired) electrons. The molecule has 1 fully saturated rings. The van der Waals surface area contributed by atoms with Crippen LogP contribution in [0.4, 0.5) is 11.5 Å². The first-order chi connectivity index (χ1) is 7.79. The van der Waals surface area contributed by atoms with E-state index in [2.05, 4.69) is 41.3 Å². The van der Waals surface area contributed by atoms with Crippen LogP contribution in [0.15, 0.2) is 18.3 Å². The van der Waals surface area contributed by atoms with Gasteiger partial charge in [0.25, 0.3) is 0 Å². The SMILES string of the molecule is CCCNc1cc(N(C)CC2CC2)ccn1. The number of hydrogen-bond acceptors (Lipinski definition) is 3. The van der Waals surface area contributed by atoms with Crippen molar-refractivity contribution >= 4 is 11.5 Å². The normalized spacial score (nSPS) is 14.9. The van der Waals surface area contributed by atoms with Crippen LogP contribution in [0, 0.1) is 5.92 Å². The first-order valence-corrected chi connectivity index (χ1v) is 6.20. The zero-order chi connectivity index (χ0) is 11.4. The van der Waals surface area contributed by atoms with E-state index in [9.17, 15) is 0 Å². The van der Waals surface area contributed by atoms with E-state index in [1.54, 1.807) is 0 Å². The highest BCUT2D eigenvalue weighted by molar-refractivity contribution is 5.53. The Kier molecular flexibility index (Phi) is 3.65.